The molecule has 1 N–H and O–H groups in total. The number of halogens is 1. The molecule has 0 unspecified atom stereocenters. The van der Waals surface area contributed by atoms with Gasteiger partial charge >= 0.3 is 0 Å². The molecule has 2 atom stereocenters. The van der Waals surface area contributed by atoms with Gasteiger partial charge in [-0.25, -0.2) is 9.37 Å². The minimum Gasteiger partial charge on any atom is -0.368 e. The summed E-state index contributed by atoms with van der Waals surface area (Å²) in [5.41, 5.74) is 0.780. The van der Waals surface area contributed by atoms with Crippen LogP contribution in [-0.4, -0.2) is 28.2 Å². The Kier molecular flexibility index (Phi) is 4.20. The summed E-state index contributed by atoms with van der Waals surface area (Å²) in [7, 11) is 1.86. The number of rotatable bonds is 4. The maximum atomic E-state index is 13.2. The highest BCUT2D eigenvalue weighted by atomic mass is 19.1. The zero-order valence-electron chi connectivity index (χ0n) is 12.3. The Morgan fingerprint density at radius 2 is 2.23 bits per heavy atom. The standard InChI is InChI=1S/C16H18FN3O2/c1-20-9-8-18-15(20)14(11-4-6-12(17)7-5-11)19-16(21)13-3-2-10-22-13/h4-9,13-14H,2-3,10H2,1H3,(H,19,21)/t13-,14+/m1/s1. The van der Waals surface area contributed by atoms with Crippen LogP contribution in [0, 0.1) is 5.82 Å². The molecule has 0 bridgehead atoms. The van der Waals surface area contributed by atoms with Crippen molar-refractivity contribution >= 4 is 5.91 Å². The van der Waals surface area contributed by atoms with Crippen molar-refractivity contribution in [3.05, 3.63) is 53.9 Å². The first kappa shape index (κ1) is 14.7. The van der Waals surface area contributed by atoms with E-state index in [0.717, 1.165) is 18.4 Å². The molecule has 6 heteroatoms. The minimum atomic E-state index is -0.433. The number of imidazole rings is 1. The quantitative estimate of drug-likeness (QED) is 0.939. The Balaban J connectivity index is 1.87. The third-order valence-corrected chi connectivity index (χ3v) is 3.83. The molecular weight excluding hydrogens is 285 g/mol. The first-order valence-electron chi connectivity index (χ1n) is 7.30. The van der Waals surface area contributed by atoms with E-state index in [-0.39, 0.29) is 11.7 Å². The second-order valence-electron chi connectivity index (χ2n) is 5.39. The molecule has 1 aromatic carbocycles. The van der Waals surface area contributed by atoms with Crippen LogP contribution in [-0.2, 0) is 16.6 Å². The summed E-state index contributed by atoms with van der Waals surface area (Å²) in [4.78, 5) is 16.7. The van der Waals surface area contributed by atoms with E-state index in [4.69, 9.17) is 4.74 Å². The molecule has 0 aliphatic carbocycles. The number of hydrogen-bond acceptors (Lipinski definition) is 3. The van der Waals surface area contributed by atoms with Crippen molar-refractivity contribution in [3.63, 3.8) is 0 Å². The van der Waals surface area contributed by atoms with Crippen LogP contribution in [0.4, 0.5) is 4.39 Å². The van der Waals surface area contributed by atoms with E-state index < -0.39 is 12.1 Å². The van der Waals surface area contributed by atoms with Crippen molar-refractivity contribution in [2.45, 2.75) is 25.0 Å². The van der Waals surface area contributed by atoms with Gasteiger partial charge in [-0.15, -0.1) is 0 Å². The number of ether oxygens (including phenoxy) is 1. The number of amides is 1. The van der Waals surface area contributed by atoms with Crippen molar-refractivity contribution in [2.24, 2.45) is 7.05 Å². The van der Waals surface area contributed by atoms with Crippen LogP contribution < -0.4 is 5.32 Å². The fourth-order valence-corrected chi connectivity index (χ4v) is 2.63. The predicted octanol–water partition coefficient (Wildman–Crippen LogP) is 1.94. The number of nitrogens with one attached hydrogen (secondary N) is 1. The topological polar surface area (TPSA) is 56.2 Å². The first-order chi connectivity index (χ1) is 10.6. The van der Waals surface area contributed by atoms with Crippen LogP contribution in [0.3, 0.4) is 0 Å². The van der Waals surface area contributed by atoms with Gasteiger partial charge in [0.15, 0.2) is 0 Å². The highest BCUT2D eigenvalue weighted by Crippen LogP contribution is 2.22. The zero-order chi connectivity index (χ0) is 15.5. The van der Waals surface area contributed by atoms with Crippen molar-refractivity contribution < 1.29 is 13.9 Å². The summed E-state index contributed by atoms with van der Waals surface area (Å²) in [6, 6.07) is 5.64. The molecule has 1 aliphatic heterocycles. The van der Waals surface area contributed by atoms with Gasteiger partial charge in [0.25, 0.3) is 0 Å². The summed E-state index contributed by atoms with van der Waals surface area (Å²) < 4.78 is 20.4. The Morgan fingerprint density at radius 1 is 1.45 bits per heavy atom. The van der Waals surface area contributed by atoms with E-state index in [1.165, 1.54) is 12.1 Å². The van der Waals surface area contributed by atoms with Crippen LogP contribution in [0.25, 0.3) is 0 Å². The Labute approximate surface area is 128 Å². The molecule has 1 amide bonds. The minimum absolute atomic E-state index is 0.158. The number of carbonyl (C=O) groups excluding carboxylic acids is 1. The van der Waals surface area contributed by atoms with Crippen molar-refractivity contribution in [1.82, 2.24) is 14.9 Å². The van der Waals surface area contributed by atoms with E-state index in [9.17, 15) is 9.18 Å². The molecule has 3 rings (SSSR count). The molecule has 22 heavy (non-hydrogen) atoms. The Bertz CT molecular complexity index is 648. The molecule has 1 saturated heterocycles. The summed E-state index contributed by atoms with van der Waals surface area (Å²) in [6.45, 7) is 0.613. The fourth-order valence-electron chi connectivity index (χ4n) is 2.63. The number of nitrogens with zero attached hydrogens (tertiary/aromatic N) is 2. The number of carbonyl (C=O) groups is 1. The molecule has 0 spiro atoms. The summed E-state index contributed by atoms with van der Waals surface area (Å²) >= 11 is 0. The van der Waals surface area contributed by atoms with Crippen LogP contribution in [0.5, 0.6) is 0 Å². The number of aryl methyl sites for hydroxylation is 1. The van der Waals surface area contributed by atoms with Gasteiger partial charge in [0.1, 0.15) is 23.8 Å². The summed E-state index contributed by atoms with van der Waals surface area (Å²) in [6.07, 6.45) is 4.68. The van der Waals surface area contributed by atoms with Crippen molar-refractivity contribution in [2.75, 3.05) is 6.61 Å². The van der Waals surface area contributed by atoms with E-state index in [2.05, 4.69) is 10.3 Å². The van der Waals surface area contributed by atoms with Crippen LogP contribution in [0.2, 0.25) is 0 Å². The highest BCUT2D eigenvalue weighted by molar-refractivity contribution is 5.81. The highest BCUT2D eigenvalue weighted by Gasteiger charge is 2.28. The first-order valence-corrected chi connectivity index (χ1v) is 7.30. The normalized spacial score (nSPS) is 19.1. The molecule has 1 aliphatic rings. The summed E-state index contributed by atoms with van der Waals surface area (Å²) in [5, 5.41) is 2.97. The van der Waals surface area contributed by atoms with Crippen LogP contribution in [0.15, 0.2) is 36.7 Å². The van der Waals surface area contributed by atoms with E-state index in [1.54, 1.807) is 18.3 Å². The molecule has 2 heterocycles. The van der Waals surface area contributed by atoms with Crippen molar-refractivity contribution in [3.8, 4) is 0 Å². The average molecular weight is 303 g/mol. The van der Waals surface area contributed by atoms with Crippen molar-refractivity contribution in [1.29, 1.82) is 0 Å². The fraction of sp³-hybridized carbons (Fsp3) is 0.375. The number of aromatic nitrogens is 2. The lowest BCUT2D eigenvalue weighted by atomic mass is 10.1. The monoisotopic (exact) mass is 303 g/mol. The lowest BCUT2D eigenvalue weighted by molar-refractivity contribution is -0.130. The van der Waals surface area contributed by atoms with Gasteiger partial charge in [0.2, 0.25) is 5.91 Å². The second kappa shape index (κ2) is 6.27. The zero-order valence-corrected chi connectivity index (χ0v) is 12.3. The lowest BCUT2D eigenvalue weighted by Crippen LogP contribution is -2.38. The number of benzene rings is 1. The smallest absolute Gasteiger partial charge is 0.249 e. The van der Waals surface area contributed by atoms with E-state index in [1.807, 2.05) is 17.8 Å². The van der Waals surface area contributed by atoms with Gasteiger partial charge < -0.3 is 14.6 Å². The third kappa shape index (κ3) is 3.01. The lowest BCUT2D eigenvalue weighted by Gasteiger charge is -2.21. The van der Waals surface area contributed by atoms with Gasteiger partial charge in [-0.2, -0.15) is 0 Å². The molecule has 1 fully saturated rings. The maximum Gasteiger partial charge on any atom is 0.249 e. The Hall–Kier alpha value is -2.21. The number of hydrogen-bond donors (Lipinski definition) is 1. The molecule has 0 radical (unpaired) electrons. The van der Waals surface area contributed by atoms with Gasteiger partial charge in [0, 0.05) is 26.0 Å². The largest absolute Gasteiger partial charge is 0.368 e. The van der Waals surface area contributed by atoms with Gasteiger partial charge in [-0.3, -0.25) is 4.79 Å². The average Bonchev–Trinajstić information content (AvgIpc) is 3.17. The summed E-state index contributed by atoms with van der Waals surface area (Å²) in [5.74, 6) is 0.223. The van der Waals surface area contributed by atoms with Crippen LogP contribution in [0.1, 0.15) is 30.3 Å². The molecule has 5 nitrogen and oxygen atoms in total. The van der Waals surface area contributed by atoms with E-state index in [0.29, 0.717) is 12.4 Å². The van der Waals surface area contributed by atoms with Crippen LogP contribution >= 0.6 is 0 Å². The molecule has 2 aromatic rings. The van der Waals surface area contributed by atoms with Gasteiger partial charge in [-0.05, 0) is 30.5 Å². The second-order valence-corrected chi connectivity index (χ2v) is 5.39. The molecular formula is C16H18FN3O2. The Morgan fingerprint density at radius 3 is 2.82 bits per heavy atom. The van der Waals surface area contributed by atoms with Gasteiger partial charge in [0.05, 0.1) is 0 Å². The molecule has 0 saturated carbocycles. The SMILES string of the molecule is Cn1ccnc1[C@@H](NC(=O)[C@H]1CCCO1)c1ccc(F)cc1. The predicted molar refractivity (Wildman–Crippen MR) is 78.6 cm³/mol. The molecule has 116 valence electrons. The molecule has 1 aromatic heterocycles. The van der Waals surface area contributed by atoms with Gasteiger partial charge in [-0.1, -0.05) is 12.1 Å². The maximum absolute atomic E-state index is 13.2. The van der Waals surface area contributed by atoms with E-state index >= 15 is 0 Å². The third-order valence-electron chi connectivity index (χ3n) is 3.83.